The van der Waals surface area contributed by atoms with Gasteiger partial charge < -0.3 is 15.4 Å². The molecule has 3 aromatic carbocycles. The molecule has 40 heavy (non-hydrogen) atoms. The number of para-hydroxylation sites is 1. The van der Waals surface area contributed by atoms with Gasteiger partial charge in [-0.15, -0.1) is 0 Å². The van der Waals surface area contributed by atoms with Crippen molar-refractivity contribution in [2.75, 3.05) is 23.8 Å². The van der Waals surface area contributed by atoms with Gasteiger partial charge in [0.05, 0.1) is 10.6 Å². The third-order valence-electron chi connectivity index (χ3n) is 6.33. The number of thioether (sulfide) groups is 1. The summed E-state index contributed by atoms with van der Waals surface area (Å²) in [5, 5.41) is 5.12. The molecule has 206 valence electrons. The highest BCUT2D eigenvalue weighted by Gasteiger charge is 2.36. The highest BCUT2D eigenvalue weighted by Crippen LogP contribution is 2.32. The van der Waals surface area contributed by atoms with Crippen LogP contribution in [0.25, 0.3) is 6.08 Å². The van der Waals surface area contributed by atoms with Gasteiger partial charge in [-0.05, 0) is 114 Å². The molecule has 3 aromatic rings. The van der Waals surface area contributed by atoms with Crippen LogP contribution in [0.4, 0.5) is 16.2 Å². The Morgan fingerprint density at radius 1 is 0.900 bits per heavy atom. The molecule has 2 N–H and O–H groups in total. The molecule has 1 aliphatic heterocycles. The summed E-state index contributed by atoms with van der Waals surface area (Å²) in [5.41, 5.74) is 5.98. The molecule has 1 heterocycles. The van der Waals surface area contributed by atoms with E-state index in [2.05, 4.69) is 26.6 Å². The minimum Gasteiger partial charge on any atom is -0.484 e. The van der Waals surface area contributed by atoms with E-state index in [0.717, 1.165) is 43.4 Å². The summed E-state index contributed by atoms with van der Waals surface area (Å²) in [5.74, 6) is -0.802. The number of imide groups is 1. The van der Waals surface area contributed by atoms with Crippen molar-refractivity contribution in [3.8, 4) is 5.75 Å². The molecule has 0 aromatic heterocycles. The molecule has 4 amide bonds. The minimum atomic E-state index is -0.527. The standard InChI is InChI=1S/C30H28BrN3O5S/c1-17-6-5-7-18(2)28(17)33-26(35)15-34-29(37)25(40-30(34)38)14-21-8-10-22(11-9-21)39-16-27(36)32-24-13-20(4)19(3)12-23(24)31/h5-14H,15-16H2,1-4H3,(H,32,36)(H,33,35)/b25-14+. The molecule has 0 unspecified atom stereocenters. The Labute approximate surface area is 245 Å². The van der Waals surface area contributed by atoms with Gasteiger partial charge in [-0.25, -0.2) is 0 Å². The zero-order chi connectivity index (χ0) is 29.0. The number of hydrogen-bond acceptors (Lipinski definition) is 6. The quantitative estimate of drug-likeness (QED) is 0.283. The van der Waals surface area contributed by atoms with Gasteiger partial charge in [-0.2, -0.15) is 0 Å². The molecule has 4 rings (SSSR count). The second-order valence-corrected chi connectivity index (χ2v) is 11.3. The fraction of sp³-hybridized carbons (Fsp3) is 0.200. The van der Waals surface area contributed by atoms with Gasteiger partial charge >= 0.3 is 0 Å². The molecule has 0 aliphatic carbocycles. The summed E-state index contributed by atoms with van der Waals surface area (Å²) in [7, 11) is 0. The molecule has 8 nitrogen and oxygen atoms in total. The third kappa shape index (κ3) is 7.00. The number of carbonyl (C=O) groups excluding carboxylic acids is 4. The smallest absolute Gasteiger partial charge is 0.294 e. The normalized spacial score (nSPS) is 14.0. The Morgan fingerprint density at radius 2 is 1.55 bits per heavy atom. The number of amides is 4. The van der Waals surface area contributed by atoms with E-state index in [9.17, 15) is 19.2 Å². The van der Waals surface area contributed by atoms with Crippen LogP contribution in [-0.4, -0.2) is 41.0 Å². The first-order valence-electron chi connectivity index (χ1n) is 12.4. The van der Waals surface area contributed by atoms with Crippen LogP contribution in [0.5, 0.6) is 5.75 Å². The van der Waals surface area contributed by atoms with E-state index >= 15 is 0 Å². The summed E-state index contributed by atoms with van der Waals surface area (Å²) in [6.45, 7) is 7.17. The predicted molar refractivity (Wildman–Crippen MR) is 161 cm³/mol. The number of hydrogen-bond donors (Lipinski definition) is 2. The number of aryl methyl sites for hydroxylation is 4. The van der Waals surface area contributed by atoms with Crippen LogP contribution in [0.1, 0.15) is 27.8 Å². The van der Waals surface area contributed by atoms with Crippen molar-refractivity contribution in [2.45, 2.75) is 27.7 Å². The van der Waals surface area contributed by atoms with Crippen LogP contribution in [0.3, 0.4) is 0 Å². The van der Waals surface area contributed by atoms with Gasteiger partial charge in [-0.1, -0.05) is 30.3 Å². The van der Waals surface area contributed by atoms with Crippen LogP contribution in [0, 0.1) is 27.7 Å². The molecule has 0 saturated carbocycles. The first-order valence-corrected chi connectivity index (χ1v) is 14.0. The van der Waals surface area contributed by atoms with E-state index in [1.165, 1.54) is 0 Å². The van der Waals surface area contributed by atoms with E-state index in [-0.39, 0.29) is 24.0 Å². The van der Waals surface area contributed by atoms with Crippen molar-refractivity contribution >= 4 is 68.1 Å². The van der Waals surface area contributed by atoms with Crippen molar-refractivity contribution in [2.24, 2.45) is 0 Å². The van der Waals surface area contributed by atoms with Crippen LogP contribution >= 0.6 is 27.7 Å². The summed E-state index contributed by atoms with van der Waals surface area (Å²) in [6, 6.07) is 16.3. The first kappa shape index (κ1) is 29.1. The monoisotopic (exact) mass is 621 g/mol. The lowest BCUT2D eigenvalue weighted by Gasteiger charge is -2.15. The van der Waals surface area contributed by atoms with Gasteiger partial charge in [-0.3, -0.25) is 24.1 Å². The van der Waals surface area contributed by atoms with Crippen molar-refractivity contribution in [3.63, 3.8) is 0 Å². The topological polar surface area (TPSA) is 105 Å². The number of halogens is 1. The zero-order valence-electron chi connectivity index (χ0n) is 22.5. The Balaban J connectivity index is 1.33. The lowest BCUT2D eigenvalue weighted by molar-refractivity contribution is -0.127. The maximum absolute atomic E-state index is 12.9. The second-order valence-electron chi connectivity index (χ2n) is 9.41. The van der Waals surface area contributed by atoms with E-state index in [1.54, 1.807) is 30.3 Å². The number of rotatable bonds is 8. The lowest BCUT2D eigenvalue weighted by atomic mass is 10.1. The van der Waals surface area contributed by atoms with Gasteiger partial charge in [0, 0.05) is 10.2 Å². The zero-order valence-corrected chi connectivity index (χ0v) is 24.9. The molecule has 0 radical (unpaired) electrons. The van der Waals surface area contributed by atoms with Gasteiger partial charge in [0.2, 0.25) is 5.91 Å². The minimum absolute atomic E-state index is 0.179. The molecule has 1 aliphatic rings. The van der Waals surface area contributed by atoms with E-state index in [0.29, 0.717) is 22.7 Å². The number of benzene rings is 3. The van der Waals surface area contributed by atoms with Crippen LogP contribution in [0.15, 0.2) is 64.0 Å². The fourth-order valence-electron chi connectivity index (χ4n) is 3.99. The van der Waals surface area contributed by atoms with Crippen molar-refractivity contribution in [1.82, 2.24) is 4.90 Å². The Bertz CT molecular complexity index is 1510. The molecule has 0 bridgehead atoms. The molecule has 1 saturated heterocycles. The number of nitrogens with one attached hydrogen (secondary N) is 2. The second kappa shape index (κ2) is 12.5. The molecule has 0 spiro atoms. The maximum atomic E-state index is 12.9. The van der Waals surface area contributed by atoms with Crippen LogP contribution < -0.4 is 15.4 Å². The number of carbonyl (C=O) groups is 4. The van der Waals surface area contributed by atoms with Crippen molar-refractivity contribution in [1.29, 1.82) is 0 Å². The Hall–Kier alpha value is -3.89. The average Bonchev–Trinajstić information content (AvgIpc) is 3.16. The SMILES string of the molecule is Cc1cc(Br)c(NC(=O)COc2ccc(/C=C3/SC(=O)N(CC(=O)Nc4c(C)cccc4C)C3=O)cc2)cc1C. The largest absolute Gasteiger partial charge is 0.484 e. The maximum Gasteiger partial charge on any atom is 0.294 e. The van der Waals surface area contributed by atoms with Crippen LogP contribution in [-0.2, 0) is 14.4 Å². The lowest BCUT2D eigenvalue weighted by Crippen LogP contribution is -2.36. The summed E-state index contributed by atoms with van der Waals surface area (Å²) >= 11 is 4.24. The fourth-order valence-corrected chi connectivity index (χ4v) is 5.39. The highest BCUT2D eigenvalue weighted by molar-refractivity contribution is 9.10. The number of ether oxygens (including phenoxy) is 1. The summed E-state index contributed by atoms with van der Waals surface area (Å²) in [6.07, 6.45) is 1.59. The number of anilines is 2. The van der Waals surface area contributed by atoms with E-state index in [4.69, 9.17) is 4.74 Å². The average molecular weight is 623 g/mol. The Kier molecular flexibility index (Phi) is 9.11. The number of nitrogens with zero attached hydrogens (tertiary/aromatic N) is 1. The van der Waals surface area contributed by atoms with Gasteiger partial charge in [0.25, 0.3) is 17.1 Å². The van der Waals surface area contributed by atoms with Crippen molar-refractivity contribution < 1.29 is 23.9 Å². The van der Waals surface area contributed by atoms with Gasteiger partial charge in [0.1, 0.15) is 12.3 Å². The summed E-state index contributed by atoms with van der Waals surface area (Å²) < 4.78 is 6.39. The Morgan fingerprint density at radius 3 is 2.23 bits per heavy atom. The predicted octanol–water partition coefficient (Wildman–Crippen LogP) is 6.38. The molecule has 10 heteroatoms. The van der Waals surface area contributed by atoms with Gasteiger partial charge in [0.15, 0.2) is 6.61 Å². The molecule has 0 atom stereocenters. The summed E-state index contributed by atoms with van der Waals surface area (Å²) in [4.78, 5) is 51.5. The van der Waals surface area contributed by atoms with E-state index < -0.39 is 17.1 Å². The van der Waals surface area contributed by atoms with Crippen LogP contribution in [0.2, 0.25) is 0 Å². The molecule has 1 fully saturated rings. The third-order valence-corrected chi connectivity index (χ3v) is 7.89. The van der Waals surface area contributed by atoms with E-state index in [1.807, 2.05) is 58.0 Å². The first-order chi connectivity index (χ1) is 19.0. The molecular formula is C30H28BrN3O5S. The van der Waals surface area contributed by atoms with Crippen molar-refractivity contribution in [3.05, 3.63) is 91.8 Å². The highest BCUT2D eigenvalue weighted by atomic mass is 79.9. The molecular weight excluding hydrogens is 594 g/mol.